The monoisotopic (exact) mass is 309 g/mol. The maximum absolute atomic E-state index is 10.4. The maximum Gasteiger partial charge on any atom is 0.0900 e. The molecule has 128 valence electrons. The van der Waals surface area contributed by atoms with Gasteiger partial charge in [-0.1, -0.05) is 27.2 Å². The van der Waals surface area contributed by atoms with Gasteiger partial charge in [-0.3, -0.25) is 4.90 Å². The Balaban J connectivity index is 1.49. The van der Waals surface area contributed by atoms with Crippen molar-refractivity contribution in [3.63, 3.8) is 0 Å². The Hall–Kier alpha value is -0.120. The highest BCUT2D eigenvalue weighted by molar-refractivity contribution is 5.11. The highest BCUT2D eigenvalue weighted by Crippen LogP contribution is 2.66. The standard InChI is InChI=1S/C19H35NO2/c1-14-7-5-6-10-20(14)12-16(21)13-22-17-11-15-8-9-19(17,4)18(15,2)3/h14-17,21H,5-13H2,1-4H3/t14-,15-,16-,17+,19-/m1/s1. The van der Waals surface area contributed by atoms with Crippen LogP contribution in [-0.4, -0.2) is 48.0 Å². The Morgan fingerprint density at radius 3 is 2.59 bits per heavy atom. The van der Waals surface area contributed by atoms with Crippen LogP contribution >= 0.6 is 0 Å². The van der Waals surface area contributed by atoms with Gasteiger partial charge in [-0.2, -0.15) is 0 Å². The van der Waals surface area contributed by atoms with Crippen molar-refractivity contribution in [2.24, 2.45) is 16.7 Å². The van der Waals surface area contributed by atoms with Crippen LogP contribution in [0.5, 0.6) is 0 Å². The van der Waals surface area contributed by atoms with Crippen LogP contribution < -0.4 is 0 Å². The Kier molecular flexibility index (Phi) is 4.61. The van der Waals surface area contributed by atoms with Crippen molar-refractivity contribution in [3.8, 4) is 0 Å². The lowest BCUT2D eigenvalue weighted by molar-refractivity contribution is -0.0816. The number of nitrogens with zero attached hydrogens (tertiary/aromatic N) is 1. The van der Waals surface area contributed by atoms with E-state index in [1.165, 1.54) is 38.5 Å². The molecule has 1 heterocycles. The molecule has 3 nitrogen and oxygen atoms in total. The van der Waals surface area contributed by atoms with E-state index < -0.39 is 0 Å². The molecule has 1 N–H and O–H groups in total. The summed E-state index contributed by atoms with van der Waals surface area (Å²) in [6.45, 7) is 11.9. The second-order valence-electron chi connectivity index (χ2n) is 8.93. The zero-order valence-electron chi connectivity index (χ0n) is 15.0. The number of likely N-dealkylation sites (tertiary alicyclic amines) is 1. The van der Waals surface area contributed by atoms with E-state index in [2.05, 4.69) is 32.6 Å². The fraction of sp³-hybridized carbons (Fsp3) is 1.00. The van der Waals surface area contributed by atoms with Crippen LogP contribution in [0.4, 0.5) is 0 Å². The molecule has 3 rings (SSSR count). The van der Waals surface area contributed by atoms with Gasteiger partial charge >= 0.3 is 0 Å². The molecular formula is C19H35NO2. The third-order valence-electron chi connectivity index (χ3n) is 7.59. The maximum atomic E-state index is 10.4. The van der Waals surface area contributed by atoms with Crippen LogP contribution in [0.3, 0.4) is 0 Å². The molecule has 0 spiro atoms. The SMILES string of the molecule is C[C@@H]1CCCCN1C[C@@H](O)CO[C@H]1C[C@H]2CC[C@@]1(C)C2(C)C. The normalized spacial score (nSPS) is 42.7. The van der Waals surface area contributed by atoms with Crippen LogP contribution in [0.1, 0.15) is 66.2 Å². The molecule has 1 saturated heterocycles. The van der Waals surface area contributed by atoms with Gasteiger partial charge in [0.05, 0.1) is 18.8 Å². The van der Waals surface area contributed by atoms with Crippen molar-refractivity contribution >= 4 is 0 Å². The van der Waals surface area contributed by atoms with Crippen molar-refractivity contribution < 1.29 is 9.84 Å². The van der Waals surface area contributed by atoms with Gasteiger partial charge in [0, 0.05) is 12.6 Å². The minimum Gasteiger partial charge on any atom is -0.389 e. The Morgan fingerprint density at radius 2 is 2.00 bits per heavy atom. The topological polar surface area (TPSA) is 32.7 Å². The van der Waals surface area contributed by atoms with Gasteiger partial charge in [-0.25, -0.2) is 0 Å². The second kappa shape index (κ2) is 6.07. The van der Waals surface area contributed by atoms with E-state index in [-0.39, 0.29) is 6.10 Å². The molecule has 0 radical (unpaired) electrons. The third kappa shape index (κ3) is 2.74. The second-order valence-corrected chi connectivity index (χ2v) is 8.93. The van der Waals surface area contributed by atoms with Crippen LogP contribution in [0.25, 0.3) is 0 Å². The summed E-state index contributed by atoms with van der Waals surface area (Å²) in [7, 11) is 0. The van der Waals surface area contributed by atoms with Gasteiger partial charge in [0.1, 0.15) is 0 Å². The molecule has 2 aliphatic carbocycles. The lowest BCUT2D eigenvalue weighted by atomic mass is 9.70. The van der Waals surface area contributed by atoms with Gasteiger partial charge in [0.25, 0.3) is 0 Å². The zero-order valence-corrected chi connectivity index (χ0v) is 15.0. The molecule has 1 aliphatic heterocycles. The van der Waals surface area contributed by atoms with Crippen LogP contribution in [0.2, 0.25) is 0 Å². The highest BCUT2D eigenvalue weighted by atomic mass is 16.5. The Bertz CT molecular complexity index is 397. The molecule has 0 amide bonds. The molecule has 0 aromatic heterocycles. The molecule has 5 atom stereocenters. The number of β-amino-alcohol motifs (C(OH)–C–C–N with tert-alkyl or cyclic N) is 1. The van der Waals surface area contributed by atoms with E-state index in [0.717, 1.165) is 19.0 Å². The first-order valence-corrected chi connectivity index (χ1v) is 9.38. The minimum atomic E-state index is -0.341. The molecule has 22 heavy (non-hydrogen) atoms. The number of aliphatic hydroxyl groups excluding tert-OH is 1. The number of hydrogen-bond donors (Lipinski definition) is 1. The summed E-state index contributed by atoms with van der Waals surface area (Å²) in [6, 6.07) is 0.613. The average Bonchev–Trinajstić information content (AvgIpc) is 2.80. The van der Waals surface area contributed by atoms with Crippen molar-refractivity contribution in [2.75, 3.05) is 19.7 Å². The number of piperidine rings is 1. The molecular weight excluding hydrogens is 274 g/mol. The van der Waals surface area contributed by atoms with Gasteiger partial charge in [0.2, 0.25) is 0 Å². The van der Waals surface area contributed by atoms with Crippen LogP contribution in [0.15, 0.2) is 0 Å². The van der Waals surface area contributed by atoms with Crippen molar-refractivity contribution in [2.45, 2.75) is 84.5 Å². The molecule has 3 heteroatoms. The largest absolute Gasteiger partial charge is 0.389 e. The quantitative estimate of drug-likeness (QED) is 0.844. The van der Waals surface area contributed by atoms with Gasteiger partial charge in [0.15, 0.2) is 0 Å². The Morgan fingerprint density at radius 1 is 1.23 bits per heavy atom. The minimum absolute atomic E-state index is 0.301. The first-order chi connectivity index (χ1) is 10.3. The van der Waals surface area contributed by atoms with Crippen molar-refractivity contribution in [3.05, 3.63) is 0 Å². The van der Waals surface area contributed by atoms with E-state index in [9.17, 15) is 5.11 Å². The number of fused-ring (bicyclic) bond motifs is 2. The molecule has 3 fully saturated rings. The molecule has 3 aliphatic rings. The summed E-state index contributed by atoms with van der Waals surface area (Å²) in [5.74, 6) is 0.807. The summed E-state index contributed by atoms with van der Waals surface area (Å²) in [5, 5.41) is 10.4. The summed E-state index contributed by atoms with van der Waals surface area (Å²) in [4.78, 5) is 2.43. The summed E-state index contributed by atoms with van der Waals surface area (Å²) in [6.07, 6.45) is 7.71. The van der Waals surface area contributed by atoms with E-state index in [1.807, 2.05) is 0 Å². The van der Waals surface area contributed by atoms with E-state index in [0.29, 0.717) is 29.6 Å². The average molecular weight is 309 g/mol. The highest BCUT2D eigenvalue weighted by Gasteiger charge is 2.61. The molecule has 2 bridgehead atoms. The first kappa shape index (κ1) is 16.7. The van der Waals surface area contributed by atoms with E-state index >= 15 is 0 Å². The van der Waals surface area contributed by atoms with Crippen molar-refractivity contribution in [1.29, 1.82) is 0 Å². The third-order valence-corrected chi connectivity index (χ3v) is 7.59. The molecule has 0 unspecified atom stereocenters. The summed E-state index contributed by atoms with van der Waals surface area (Å²) >= 11 is 0. The van der Waals surface area contributed by atoms with E-state index in [1.54, 1.807) is 0 Å². The number of ether oxygens (including phenoxy) is 1. The Labute approximate surface area is 136 Å². The lowest BCUT2D eigenvalue weighted by Crippen LogP contribution is -2.44. The summed E-state index contributed by atoms with van der Waals surface area (Å²) < 4.78 is 6.24. The molecule has 2 saturated carbocycles. The smallest absolute Gasteiger partial charge is 0.0900 e. The fourth-order valence-electron chi connectivity index (χ4n) is 5.36. The fourth-order valence-corrected chi connectivity index (χ4v) is 5.36. The summed E-state index contributed by atoms with van der Waals surface area (Å²) in [5.41, 5.74) is 0.694. The van der Waals surface area contributed by atoms with Gasteiger partial charge < -0.3 is 9.84 Å². The van der Waals surface area contributed by atoms with Crippen LogP contribution in [0, 0.1) is 16.7 Å². The van der Waals surface area contributed by atoms with E-state index in [4.69, 9.17) is 4.74 Å². The predicted octanol–water partition coefficient (Wildman–Crippen LogP) is 3.45. The number of aliphatic hydroxyl groups is 1. The van der Waals surface area contributed by atoms with Crippen molar-refractivity contribution in [1.82, 2.24) is 4.90 Å². The number of hydrogen-bond acceptors (Lipinski definition) is 3. The van der Waals surface area contributed by atoms with Gasteiger partial charge in [-0.05, 0) is 62.3 Å². The molecule has 0 aromatic carbocycles. The molecule has 0 aromatic rings. The first-order valence-electron chi connectivity index (χ1n) is 9.38. The number of rotatable bonds is 5. The lowest BCUT2D eigenvalue weighted by Gasteiger charge is -2.39. The zero-order chi connectivity index (χ0) is 16.0. The van der Waals surface area contributed by atoms with Gasteiger partial charge in [-0.15, -0.1) is 0 Å². The predicted molar refractivity (Wildman–Crippen MR) is 89.9 cm³/mol. The van der Waals surface area contributed by atoms with Crippen LogP contribution in [-0.2, 0) is 4.74 Å².